The van der Waals surface area contributed by atoms with Gasteiger partial charge in [-0.15, -0.1) is 0 Å². The average Bonchev–Trinajstić information content (AvgIpc) is 3.28. The first kappa shape index (κ1) is 36.3. The third-order valence-corrected chi connectivity index (χ3v) is 10.0. The molecule has 0 aliphatic heterocycles. The first-order valence-electron chi connectivity index (χ1n) is 18.9. The summed E-state index contributed by atoms with van der Waals surface area (Å²) < 4.78 is 0. The van der Waals surface area contributed by atoms with E-state index in [9.17, 15) is 5.41 Å². The van der Waals surface area contributed by atoms with Crippen LogP contribution in [0.3, 0.4) is 0 Å². The maximum absolute atomic E-state index is 9.26. The molecular weight excluding hydrogens is 693 g/mol. The topological polar surface area (TPSA) is 86.6 Å². The fraction of sp³-hybridized carbons (Fsp3) is 0. The maximum Gasteiger partial charge on any atom is 0.0868 e. The maximum atomic E-state index is 9.26. The van der Waals surface area contributed by atoms with Crippen molar-refractivity contribution in [3.63, 3.8) is 0 Å². The van der Waals surface area contributed by atoms with Crippen molar-refractivity contribution >= 4 is 28.3 Å². The highest BCUT2D eigenvalue weighted by molar-refractivity contribution is 6.62. The Kier molecular flexibility index (Phi) is 10.7. The Balaban J connectivity index is 0.000000296. The number of benzene rings is 7. The van der Waals surface area contributed by atoms with Crippen LogP contribution in [0.4, 0.5) is 5.69 Å². The minimum atomic E-state index is 0.196. The van der Waals surface area contributed by atoms with Gasteiger partial charge in [-0.3, -0.25) is 15.8 Å². The second kappa shape index (κ2) is 16.8. The van der Waals surface area contributed by atoms with E-state index in [-0.39, 0.29) is 11.4 Å². The molecule has 0 radical (unpaired) electrons. The standard InChI is InChI=1S/C42H30N2.C11H10N2/c43-39-28-33(40-34(29-15-5-1-6-16-29)23-13-24-35(40)30-17-7-2-8-18-30)27-38(42(39)44)41-36(31-19-9-3-10-20-31)25-14-26-37(41)32-21-11-4-12-22-32;12-11-5-1-3-9(7-11)10-4-2-6-13-8-10/h1-28,43-44H;1-8H,12H2. The molecule has 0 unspecified atom stereocenters. The highest BCUT2D eigenvalue weighted by Crippen LogP contribution is 2.44. The van der Waals surface area contributed by atoms with Gasteiger partial charge in [-0.05, 0) is 97.1 Å². The molecule has 1 aliphatic carbocycles. The fourth-order valence-corrected chi connectivity index (χ4v) is 7.37. The summed E-state index contributed by atoms with van der Waals surface area (Å²) in [5, 5.41) is 18.4. The van der Waals surface area contributed by atoms with Crippen LogP contribution in [0.1, 0.15) is 11.1 Å². The zero-order valence-corrected chi connectivity index (χ0v) is 31.3. The van der Waals surface area contributed by atoms with Gasteiger partial charge in [0, 0.05) is 29.2 Å². The number of allylic oxidation sites excluding steroid dienone is 4. The van der Waals surface area contributed by atoms with Crippen LogP contribution in [0.2, 0.25) is 0 Å². The number of nitrogen functional groups attached to an aromatic ring is 1. The number of hydrogen-bond acceptors (Lipinski definition) is 4. The molecule has 57 heavy (non-hydrogen) atoms. The molecule has 0 atom stereocenters. The number of nitrogens with two attached hydrogens (primary N) is 1. The molecule has 0 saturated heterocycles. The van der Waals surface area contributed by atoms with E-state index in [0.29, 0.717) is 0 Å². The van der Waals surface area contributed by atoms with Crippen molar-refractivity contribution in [1.29, 1.82) is 10.8 Å². The molecule has 1 heterocycles. The molecule has 1 aliphatic rings. The zero-order valence-electron chi connectivity index (χ0n) is 31.3. The molecule has 1 aromatic heterocycles. The highest BCUT2D eigenvalue weighted by Gasteiger charge is 2.26. The minimum absolute atomic E-state index is 0.196. The van der Waals surface area contributed by atoms with Crippen molar-refractivity contribution in [1.82, 2.24) is 4.98 Å². The Hall–Kier alpha value is -7.69. The quantitative estimate of drug-likeness (QED) is 0.113. The van der Waals surface area contributed by atoms with Crippen LogP contribution in [0, 0.1) is 10.8 Å². The van der Waals surface area contributed by atoms with E-state index in [2.05, 4.69) is 120 Å². The van der Waals surface area contributed by atoms with Gasteiger partial charge in [-0.1, -0.05) is 176 Å². The molecule has 0 fully saturated rings. The first-order valence-corrected chi connectivity index (χ1v) is 18.9. The molecule has 7 aromatic carbocycles. The molecule has 9 rings (SSSR count). The van der Waals surface area contributed by atoms with Gasteiger partial charge in [-0.2, -0.15) is 0 Å². The van der Waals surface area contributed by atoms with Gasteiger partial charge in [0.05, 0.1) is 11.4 Å². The van der Waals surface area contributed by atoms with Crippen LogP contribution in [0.15, 0.2) is 219 Å². The third-order valence-electron chi connectivity index (χ3n) is 10.0. The van der Waals surface area contributed by atoms with E-state index in [1.807, 2.05) is 97.2 Å². The molecule has 272 valence electrons. The molecule has 0 bridgehead atoms. The van der Waals surface area contributed by atoms with Crippen LogP contribution < -0.4 is 5.73 Å². The Labute approximate surface area is 334 Å². The van der Waals surface area contributed by atoms with E-state index in [0.717, 1.165) is 83.6 Å². The molecule has 4 N–H and O–H groups in total. The van der Waals surface area contributed by atoms with E-state index in [1.165, 1.54) is 0 Å². The van der Waals surface area contributed by atoms with Crippen LogP contribution in [0.25, 0.3) is 66.8 Å². The summed E-state index contributed by atoms with van der Waals surface area (Å²) in [6.45, 7) is 0. The molecule has 0 saturated carbocycles. The van der Waals surface area contributed by atoms with Crippen molar-refractivity contribution in [2.75, 3.05) is 5.73 Å². The summed E-state index contributed by atoms with van der Waals surface area (Å²) in [5.41, 5.74) is 21.4. The van der Waals surface area contributed by atoms with Crippen molar-refractivity contribution < 1.29 is 0 Å². The number of nitrogens with zero attached hydrogens (tertiary/aromatic N) is 1. The lowest BCUT2D eigenvalue weighted by molar-refractivity contribution is 1.33. The van der Waals surface area contributed by atoms with Crippen molar-refractivity contribution in [2.24, 2.45) is 0 Å². The van der Waals surface area contributed by atoms with Gasteiger partial charge in [0.1, 0.15) is 0 Å². The smallest absolute Gasteiger partial charge is 0.0868 e. The summed E-state index contributed by atoms with van der Waals surface area (Å²) in [5.74, 6) is 0. The second-order valence-electron chi connectivity index (χ2n) is 13.7. The summed E-state index contributed by atoms with van der Waals surface area (Å²) in [7, 11) is 0. The number of rotatable bonds is 7. The summed E-state index contributed by atoms with van der Waals surface area (Å²) in [6, 6.07) is 66.0. The first-order chi connectivity index (χ1) is 28.0. The Morgan fingerprint density at radius 1 is 0.386 bits per heavy atom. The number of hydrogen-bond donors (Lipinski definition) is 3. The number of nitrogens with one attached hydrogen (secondary N) is 2. The summed E-state index contributed by atoms with van der Waals surface area (Å²) in [6.07, 6.45) is 7.57. The van der Waals surface area contributed by atoms with Crippen LogP contribution >= 0.6 is 0 Å². The van der Waals surface area contributed by atoms with Crippen molar-refractivity contribution in [2.45, 2.75) is 0 Å². The minimum Gasteiger partial charge on any atom is -0.399 e. The van der Waals surface area contributed by atoms with Crippen LogP contribution in [0.5, 0.6) is 0 Å². The van der Waals surface area contributed by atoms with Gasteiger partial charge in [-0.25, -0.2) is 0 Å². The zero-order chi connectivity index (χ0) is 39.0. The van der Waals surface area contributed by atoms with Gasteiger partial charge in [0.25, 0.3) is 0 Å². The molecule has 0 spiro atoms. The van der Waals surface area contributed by atoms with Gasteiger partial charge >= 0.3 is 0 Å². The lowest BCUT2D eigenvalue weighted by Crippen LogP contribution is -2.17. The predicted molar refractivity (Wildman–Crippen MR) is 240 cm³/mol. The average molecular weight is 733 g/mol. The van der Waals surface area contributed by atoms with E-state index in [4.69, 9.17) is 11.1 Å². The van der Waals surface area contributed by atoms with E-state index >= 15 is 0 Å². The monoisotopic (exact) mass is 732 g/mol. The van der Waals surface area contributed by atoms with E-state index < -0.39 is 0 Å². The molecule has 4 heteroatoms. The lowest BCUT2D eigenvalue weighted by atomic mass is 9.79. The largest absolute Gasteiger partial charge is 0.399 e. The molecule has 0 amide bonds. The molecule has 4 nitrogen and oxygen atoms in total. The summed E-state index contributed by atoms with van der Waals surface area (Å²) in [4.78, 5) is 4.05. The van der Waals surface area contributed by atoms with Gasteiger partial charge < -0.3 is 5.73 Å². The number of aromatic nitrogens is 1. The predicted octanol–water partition coefficient (Wildman–Crippen LogP) is 13.2. The Morgan fingerprint density at radius 3 is 1.25 bits per heavy atom. The fourth-order valence-electron chi connectivity index (χ4n) is 7.37. The van der Waals surface area contributed by atoms with Gasteiger partial charge in [0.2, 0.25) is 0 Å². The molecule has 8 aromatic rings. The lowest BCUT2D eigenvalue weighted by Gasteiger charge is -2.24. The Bertz CT molecular complexity index is 2620. The Morgan fingerprint density at radius 2 is 0.807 bits per heavy atom. The van der Waals surface area contributed by atoms with Crippen LogP contribution in [-0.4, -0.2) is 16.4 Å². The van der Waals surface area contributed by atoms with Gasteiger partial charge in [0.15, 0.2) is 0 Å². The normalized spacial score (nSPS) is 12.2. The summed E-state index contributed by atoms with van der Waals surface area (Å²) >= 11 is 0. The number of anilines is 1. The van der Waals surface area contributed by atoms with Crippen molar-refractivity contribution in [3.8, 4) is 55.6 Å². The highest BCUT2D eigenvalue weighted by atomic mass is 14.6. The second-order valence-corrected chi connectivity index (χ2v) is 13.7. The number of pyridine rings is 1. The van der Waals surface area contributed by atoms with Crippen molar-refractivity contribution in [3.05, 3.63) is 230 Å². The van der Waals surface area contributed by atoms with Crippen LogP contribution in [-0.2, 0) is 0 Å². The third kappa shape index (κ3) is 7.93. The molecular formula is C53H40N4. The van der Waals surface area contributed by atoms with E-state index in [1.54, 1.807) is 6.20 Å². The SMILES string of the molecule is N=C1C=C(c2c(-c3ccccc3)cccc2-c2ccccc2)C=C(c2c(-c3ccccc3)cccc2-c2ccccc2)C1=N.Nc1cccc(-c2cccnc2)c1.